The van der Waals surface area contributed by atoms with Gasteiger partial charge in [0.15, 0.2) is 0 Å². The smallest absolute Gasteiger partial charge is 0.475 e. The van der Waals surface area contributed by atoms with Crippen LogP contribution in [0.1, 0.15) is 55.1 Å². The Morgan fingerprint density at radius 3 is 2.56 bits per heavy atom. The second-order valence-corrected chi connectivity index (χ2v) is 10.4. The topological polar surface area (TPSA) is 139 Å². The van der Waals surface area contributed by atoms with Crippen molar-refractivity contribution in [2.45, 2.75) is 50.7 Å². The number of carboxylic acid groups (broad SMARTS) is 1. The SMILES string of the molecule is O=C(/C=C/c1cc(Cl)ccc1-n1cnnn1)N[C@H]1CCCCCCc2ccccc2-c2nc1[nH]c2Cl.O=C(O)C(F)(F)F. The number of amides is 1. The lowest BCUT2D eigenvalue weighted by molar-refractivity contribution is -0.192. The van der Waals surface area contributed by atoms with E-state index in [1.807, 2.05) is 12.1 Å². The fourth-order valence-electron chi connectivity index (χ4n) is 4.50. The standard InChI is InChI=1S/C26H25Cl2N7O.C2HF3O2/c27-19-12-13-22(35-16-29-33-34-35)18(15-19)11-14-23(36)30-21-10-4-2-1-3-7-17-8-5-6-9-20(17)24-25(28)32-26(21)31-24;3-2(4,5)1(6)7/h5-6,8-9,11-16,21H,1-4,7,10H2,(H,30,36)(H,31,32);(H,6,7)/b14-11+;/t21-;/m0./s1. The molecule has 2 bridgehead atoms. The first-order valence-electron chi connectivity index (χ1n) is 13.2. The number of benzene rings is 2. The Bertz CT molecular complexity index is 1590. The van der Waals surface area contributed by atoms with Gasteiger partial charge in [0, 0.05) is 22.2 Å². The van der Waals surface area contributed by atoms with Gasteiger partial charge in [0.1, 0.15) is 23.0 Å². The van der Waals surface area contributed by atoms with E-state index in [9.17, 15) is 18.0 Å². The van der Waals surface area contributed by atoms with Crippen LogP contribution in [0, 0.1) is 0 Å². The van der Waals surface area contributed by atoms with Crippen molar-refractivity contribution in [1.82, 2.24) is 35.5 Å². The highest BCUT2D eigenvalue weighted by Gasteiger charge is 2.38. The number of aryl methyl sites for hydroxylation is 1. The summed E-state index contributed by atoms with van der Waals surface area (Å²) in [6, 6.07) is 13.2. The predicted octanol–water partition coefficient (Wildman–Crippen LogP) is 6.37. The molecule has 0 saturated heterocycles. The maximum Gasteiger partial charge on any atom is 0.490 e. The molecule has 0 aliphatic carbocycles. The zero-order chi connectivity index (χ0) is 31.0. The summed E-state index contributed by atoms with van der Waals surface area (Å²) in [5.74, 6) is -2.35. The van der Waals surface area contributed by atoms with Crippen molar-refractivity contribution in [2.75, 3.05) is 0 Å². The summed E-state index contributed by atoms with van der Waals surface area (Å²) in [6.07, 6.45) is 5.65. The largest absolute Gasteiger partial charge is 0.490 e. The molecule has 3 N–H and O–H groups in total. The molecule has 15 heteroatoms. The fourth-order valence-corrected chi connectivity index (χ4v) is 4.92. The number of carbonyl (C=O) groups is 2. The predicted molar refractivity (Wildman–Crippen MR) is 154 cm³/mol. The van der Waals surface area contributed by atoms with Gasteiger partial charge < -0.3 is 15.4 Å². The third kappa shape index (κ3) is 8.64. The first-order chi connectivity index (χ1) is 20.5. The quantitative estimate of drug-likeness (QED) is 0.221. The summed E-state index contributed by atoms with van der Waals surface area (Å²) in [5, 5.41) is 22.5. The number of tetrazole rings is 1. The van der Waals surface area contributed by atoms with Gasteiger partial charge in [0.05, 0.1) is 11.7 Å². The van der Waals surface area contributed by atoms with Crippen molar-refractivity contribution in [3.05, 3.63) is 82.0 Å². The van der Waals surface area contributed by atoms with Crippen LogP contribution < -0.4 is 5.32 Å². The summed E-state index contributed by atoms with van der Waals surface area (Å²) in [6.45, 7) is 0. The average molecular weight is 636 g/mol. The van der Waals surface area contributed by atoms with Gasteiger partial charge in [-0.2, -0.15) is 17.9 Å². The van der Waals surface area contributed by atoms with Gasteiger partial charge in [0.2, 0.25) is 5.91 Å². The number of carbonyl (C=O) groups excluding carboxylic acids is 1. The minimum absolute atomic E-state index is 0.246. The number of rotatable bonds is 4. The van der Waals surface area contributed by atoms with Crippen LogP contribution in [0.4, 0.5) is 13.2 Å². The number of nitrogens with one attached hydrogen (secondary N) is 2. The molecule has 0 radical (unpaired) electrons. The molecule has 4 aromatic rings. The summed E-state index contributed by atoms with van der Waals surface area (Å²) >= 11 is 12.8. The van der Waals surface area contributed by atoms with Gasteiger partial charge in [-0.15, -0.1) is 5.10 Å². The Labute approximate surface area is 253 Å². The Balaban J connectivity index is 0.000000541. The molecule has 1 aliphatic rings. The van der Waals surface area contributed by atoms with Crippen molar-refractivity contribution in [3.8, 4) is 16.9 Å². The van der Waals surface area contributed by atoms with Crippen molar-refractivity contribution < 1.29 is 27.9 Å². The molecular weight excluding hydrogens is 610 g/mol. The molecule has 1 aliphatic heterocycles. The van der Waals surface area contributed by atoms with Crippen LogP contribution in [0.15, 0.2) is 54.9 Å². The first-order valence-corrected chi connectivity index (χ1v) is 13.9. The van der Waals surface area contributed by atoms with E-state index in [1.165, 1.54) is 22.6 Å². The average Bonchev–Trinajstić information content (AvgIpc) is 3.63. The van der Waals surface area contributed by atoms with Crippen LogP contribution in [-0.4, -0.2) is 53.3 Å². The highest BCUT2D eigenvalue weighted by atomic mass is 35.5. The number of hydrogen-bond donors (Lipinski definition) is 3. The lowest BCUT2D eigenvalue weighted by Gasteiger charge is -2.16. The Morgan fingerprint density at radius 1 is 1.09 bits per heavy atom. The molecule has 0 unspecified atom stereocenters. The summed E-state index contributed by atoms with van der Waals surface area (Å²) in [4.78, 5) is 29.9. The molecule has 1 atom stereocenters. The molecule has 1 amide bonds. The number of aliphatic carboxylic acids is 1. The summed E-state index contributed by atoms with van der Waals surface area (Å²) in [5.41, 5.74) is 4.42. The van der Waals surface area contributed by atoms with Gasteiger partial charge in [-0.25, -0.2) is 9.78 Å². The first kappa shape index (κ1) is 31.7. The van der Waals surface area contributed by atoms with Crippen molar-refractivity contribution >= 4 is 41.2 Å². The third-order valence-electron chi connectivity index (χ3n) is 6.53. The second-order valence-electron chi connectivity index (χ2n) is 9.55. The number of hydrogen-bond acceptors (Lipinski definition) is 6. The molecule has 10 nitrogen and oxygen atoms in total. The zero-order valence-electron chi connectivity index (χ0n) is 22.5. The van der Waals surface area contributed by atoms with Crippen molar-refractivity contribution in [1.29, 1.82) is 0 Å². The summed E-state index contributed by atoms with van der Waals surface area (Å²) in [7, 11) is 0. The minimum Gasteiger partial charge on any atom is -0.475 e. The van der Waals surface area contributed by atoms with Crippen LogP contribution in [0.3, 0.4) is 0 Å². The van der Waals surface area contributed by atoms with Gasteiger partial charge >= 0.3 is 12.1 Å². The van der Waals surface area contributed by atoms with Crippen LogP contribution in [0.5, 0.6) is 0 Å². The molecule has 2 aromatic heterocycles. The lowest BCUT2D eigenvalue weighted by Crippen LogP contribution is -2.27. The van der Waals surface area contributed by atoms with E-state index in [0.29, 0.717) is 27.3 Å². The highest BCUT2D eigenvalue weighted by molar-refractivity contribution is 6.32. The van der Waals surface area contributed by atoms with Crippen molar-refractivity contribution in [3.63, 3.8) is 0 Å². The number of nitrogens with zero attached hydrogens (tertiary/aromatic N) is 5. The highest BCUT2D eigenvalue weighted by Crippen LogP contribution is 2.32. The molecular formula is C28H26Cl2F3N7O3. The number of fused-ring (bicyclic) bond motifs is 4. The van der Waals surface area contributed by atoms with E-state index < -0.39 is 12.1 Å². The minimum atomic E-state index is -5.08. The number of imidazole rings is 1. The van der Waals surface area contributed by atoms with E-state index in [1.54, 1.807) is 24.3 Å². The number of aromatic nitrogens is 6. The molecule has 43 heavy (non-hydrogen) atoms. The number of H-pyrrole nitrogens is 1. The van der Waals surface area contributed by atoms with Gasteiger partial charge in [0.25, 0.3) is 0 Å². The monoisotopic (exact) mass is 635 g/mol. The van der Waals surface area contributed by atoms with E-state index in [0.717, 1.165) is 49.8 Å². The molecule has 0 spiro atoms. The number of carboxylic acids is 1. The maximum absolute atomic E-state index is 13.0. The van der Waals surface area contributed by atoms with E-state index >= 15 is 0 Å². The number of aromatic amines is 1. The van der Waals surface area contributed by atoms with Gasteiger partial charge in [-0.1, -0.05) is 66.7 Å². The van der Waals surface area contributed by atoms with Crippen LogP contribution in [-0.2, 0) is 16.0 Å². The lowest BCUT2D eigenvalue weighted by atomic mass is 9.98. The number of alkyl halides is 3. The van der Waals surface area contributed by atoms with Crippen LogP contribution >= 0.6 is 23.2 Å². The van der Waals surface area contributed by atoms with Crippen LogP contribution in [0.25, 0.3) is 23.0 Å². The Morgan fingerprint density at radius 2 is 1.84 bits per heavy atom. The third-order valence-corrected chi connectivity index (χ3v) is 7.04. The molecule has 2 aromatic carbocycles. The molecule has 5 rings (SSSR count). The molecule has 0 saturated carbocycles. The fraction of sp³-hybridized carbons (Fsp3) is 0.286. The normalized spacial score (nSPS) is 15.4. The molecule has 0 fully saturated rings. The Hall–Kier alpha value is -4.23. The van der Waals surface area contributed by atoms with Crippen molar-refractivity contribution in [2.24, 2.45) is 0 Å². The van der Waals surface area contributed by atoms with E-state index in [-0.39, 0.29) is 11.9 Å². The van der Waals surface area contributed by atoms with Crippen LogP contribution in [0.2, 0.25) is 10.2 Å². The van der Waals surface area contributed by atoms with Gasteiger partial charge in [-0.05, 0) is 59.5 Å². The molecule has 226 valence electrons. The van der Waals surface area contributed by atoms with E-state index in [4.69, 9.17) is 38.1 Å². The maximum atomic E-state index is 13.0. The second kappa shape index (κ2) is 14.3. The molecule has 3 heterocycles. The Kier molecular flexibility index (Phi) is 10.5. The van der Waals surface area contributed by atoms with Gasteiger partial charge in [-0.3, -0.25) is 4.79 Å². The zero-order valence-corrected chi connectivity index (χ0v) is 24.0. The summed E-state index contributed by atoms with van der Waals surface area (Å²) < 4.78 is 33.3. The number of halogens is 5. The van der Waals surface area contributed by atoms with E-state index in [2.05, 4.69) is 38.0 Å².